The smallest absolute Gasteiger partial charge is 0.387 e. The lowest BCUT2D eigenvalue weighted by Crippen LogP contribution is -2.37. The number of aromatic amines is 1. The van der Waals surface area contributed by atoms with Gasteiger partial charge in [-0.15, -0.1) is 9.05 Å². The fraction of sp³-hybridized carbons (Fsp3) is 0.500. The number of halogens is 1. The lowest BCUT2D eigenvalue weighted by Gasteiger charge is -2.27. The number of fused-ring (bicyclic) bond motifs is 5. The van der Waals surface area contributed by atoms with Crippen molar-refractivity contribution in [2.75, 3.05) is 12.3 Å². The standard InChI is InChI=1S/C20H20FN9O9P2S/c21-10-15-9(36-20(10)30-6-27-11-16(22)23-3-24-17(11)30)2-35-40(33)37-14-7(1-8(13(14)31)38-41(34,42)39-15)29-5-28-12-18(29)25-4-26-19(12)32/h3-10,13-15,20,31H,1-2H2,(H3-,22,23,24,25,26,32,34,42)/p+1/t7-,8+,9-,10-,13-,14+,15-,20-,41?/m1/s1. The first-order valence-corrected chi connectivity index (χ1v) is 16.1. The number of nitrogen functional groups attached to an aromatic ring is 1. The second kappa shape index (κ2) is 10.4. The van der Waals surface area contributed by atoms with Crippen LogP contribution in [0.1, 0.15) is 18.7 Å². The second-order valence-electron chi connectivity index (χ2n) is 9.71. The van der Waals surface area contributed by atoms with Crippen LogP contribution in [-0.2, 0) is 39.2 Å². The van der Waals surface area contributed by atoms with Gasteiger partial charge in [0.1, 0.15) is 36.8 Å². The molecule has 10 atom stereocenters. The molecule has 7 rings (SSSR count). The molecule has 4 aromatic rings. The van der Waals surface area contributed by atoms with E-state index in [9.17, 15) is 19.4 Å². The van der Waals surface area contributed by atoms with Crippen LogP contribution in [0.5, 0.6) is 0 Å². The Morgan fingerprint density at radius 2 is 1.86 bits per heavy atom. The lowest BCUT2D eigenvalue weighted by atomic mass is 10.1. The number of aliphatic hydroxyl groups is 1. The Balaban J connectivity index is 1.19. The van der Waals surface area contributed by atoms with Crippen molar-refractivity contribution in [3.63, 3.8) is 0 Å². The van der Waals surface area contributed by atoms with Crippen molar-refractivity contribution in [1.82, 2.24) is 39.0 Å². The maximum atomic E-state index is 16.0. The molecule has 6 heterocycles. The molecule has 4 aromatic heterocycles. The van der Waals surface area contributed by atoms with Crippen molar-refractivity contribution in [3.05, 3.63) is 35.7 Å². The number of alkyl halides is 1. The highest BCUT2D eigenvalue weighted by Gasteiger charge is 2.55. The van der Waals surface area contributed by atoms with Crippen LogP contribution in [0.2, 0.25) is 0 Å². The molecule has 2 saturated heterocycles. The van der Waals surface area contributed by atoms with Crippen LogP contribution in [0.3, 0.4) is 0 Å². The van der Waals surface area contributed by atoms with Crippen LogP contribution >= 0.6 is 15.0 Å². The highest BCUT2D eigenvalue weighted by molar-refractivity contribution is 8.07. The van der Waals surface area contributed by atoms with E-state index in [1.54, 1.807) is 0 Å². The molecule has 0 amide bonds. The van der Waals surface area contributed by atoms with Crippen LogP contribution in [0.4, 0.5) is 10.2 Å². The van der Waals surface area contributed by atoms with Crippen molar-refractivity contribution in [2.24, 2.45) is 0 Å². The molecule has 2 unspecified atom stereocenters. The highest BCUT2D eigenvalue weighted by atomic mass is 32.5. The number of nitrogens with two attached hydrogens (primary N) is 1. The number of nitrogens with zero attached hydrogens (tertiary/aromatic N) is 7. The molecule has 3 aliphatic rings. The van der Waals surface area contributed by atoms with Crippen LogP contribution < -0.4 is 11.3 Å². The Kier molecular flexibility index (Phi) is 6.89. The highest BCUT2D eigenvalue weighted by Crippen LogP contribution is 2.54. The van der Waals surface area contributed by atoms with E-state index < -0.39 is 76.1 Å². The first kappa shape index (κ1) is 27.9. The van der Waals surface area contributed by atoms with E-state index in [4.69, 9.17) is 40.4 Å². The number of rotatable bonds is 2. The predicted octanol–water partition coefficient (Wildman–Crippen LogP) is 0.143. The van der Waals surface area contributed by atoms with Crippen LogP contribution in [0.15, 0.2) is 30.1 Å². The molecule has 2 aliphatic heterocycles. The first-order valence-electron chi connectivity index (χ1n) is 12.4. The molecular formula is C20H21FN9O9P2S+. The van der Waals surface area contributed by atoms with Gasteiger partial charge < -0.3 is 34.5 Å². The average molecular weight is 644 g/mol. The summed E-state index contributed by atoms with van der Waals surface area (Å²) >= 11 is 5.22. The molecule has 3 fully saturated rings. The summed E-state index contributed by atoms with van der Waals surface area (Å²) in [5.74, 6) is 0.0739. The number of hydrogen-bond acceptors (Lipinski definition) is 15. The number of hydrogen-bond donors (Lipinski definition) is 4. The number of H-pyrrole nitrogens is 1. The third-order valence-electron chi connectivity index (χ3n) is 7.30. The lowest BCUT2D eigenvalue weighted by molar-refractivity contribution is -0.0532. The molecule has 0 aromatic carbocycles. The summed E-state index contributed by atoms with van der Waals surface area (Å²) in [7, 11) is -2.92. The summed E-state index contributed by atoms with van der Waals surface area (Å²) in [4.78, 5) is 45.9. The Morgan fingerprint density at radius 1 is 1.10 bits per heavy atom. The number of nitrogens with one attached hydrogen (secondary N) is 1. The monoisotopic (exact) mass is 644 g/mol. The van der Waals surface area contributed by atoms with Gasteiger partial charge in [-0.05, 0) is 11.8 Å². The second-order valence-corrected chi connectivity index (χ2v) is 13.4. The topological polar surface area (TPSA) is 237 Å². The Morgan fingerprint density at radius 3 is 2.69 bits per heavy atom. The van der Waals surface area contributed by atoms with E-state index in [2.05, 4.69) is 29.9 Å². The molecule has 42 heavy (non-hydrogen) atoms. The zero-order chi connectivity index (χ0) is 29.3. The van der Waals surface area contributed by atoms with Crippen molar-refractivity contribution in [1.29, 1.82) is 0 Å². The maximum absolute atomic E-state index is 16.0. The fourth-order valence-corrected chi connectivity index (χ4v) is 8.00. The molecule has 2 bridgehead atoms. The number of imidazole rings is 2. The van der Waals surface area contributed by atoms with Crippen molar-refractivity contribution >= 4 is 54.9 Å². The summed E-state index contributed by atoms with van der Waals surface area (Å²) < 4.78 is 59.8. The van der Waals surface area contributed by atoms with E-state index in [0.29, 0.717) is 0 Å². The summed E-state index contributed by atoms with van der Waals surface area (Å²) in [5, 5.41) is 11.1. The first-order chi connectivity index (χ1) is 20.1. The van der Waals surface area contributed by atoms with E-state index in [1.807, 2.05) is 0 Å². The SMILES string of the molecule is Nc1ncnc2c1ncn2[C@@H]1O[C@@H]2CO[P+](=O)O[C@@H]3[C@H](O)[C@H](C[C@H]3n3cnc4c(=O)[nH]cnc43)OP(O)(=S)O[C@H]2[C@H]1F. The van der Waals surface area contributed by atoms with Gasteiger partial charge in [0.05, 0.1) is 31.1 Å². The molecule has 5 N–H and O–H groups in total. The van der Waals surface area contributed by atoms with E-state index in [0.717, 1.165) is 0 Å². The van der Waals surface area contributed by atoms with Gasteiger partial charge >= 0.3 is 15.0 Å². The Labute approximate surface area is 239 Å². The van der Waals surface area contributed by atoms with Gasteiger partial charge in [-0.1, -0.05) is 0 Å². The third-order valence-corrected chi connectivity index (χ3v) is 9.64. The molecule has 222 valence electrons. The van der Waals surface area contributed by atoms with Gasteiger partial charge in [-0.3, -0.25) is 13.9 Å². The van der Waals surface area contributed by atoms with Gasteiger partial charge in [0.25, 0.3) is 5.56 Å². The number of anilines is 1. The number of aromatic nitrogens is 8. The minimum absolute atomic E-state index is 0.0256. The van der Waals surface area contributed by atoms with E-state index in [1.165, 1.54) is 34.4 Å². The number of ether oxygens (including phenoxy) is 1. The molecule has 1 aliphatic carbocycles. The molecular weight excluding hydrogens is 623 g/mol. The molecule has 18 nitrogen and oxygen atoms in total. The number of aliphatic hydroxyl groups excluding tert-OH is 1. The fourth-order valence-electron chi connectivity index (χ4n) is 5.41. The summed E-state index contributed by atoms with van der Waals surface area (Å²) in [6, 6.07) is -0.833. The van der Waals surface area contributed by atoms with Crippen molar-refractivity contribution < 1.29 is 41.8 Å². The Bertz CT molecular complexity index is 1810. The molecule has 22 heteroatoms. The van der Waals surface area contributed by atoms with Gasteiger partial charge in [0, 0.05) is 11.0 Å². The van der Waals surface area contributed by atoms with E-state index >= 15 is 4.39 Å². The summed E-state index contributed by atoms with van der Waals surface area (Å²) in [6.07, 6.45) is -5.23. The largest absolute Gasteiger partial charge is 0.697 e. The summed E-state index contributed by atoms with van der Waals surface area (Å²) in [5.41, 5.74) is 5.93. The van der Waals surface area contributed by atoms with Crippen LogP contribution in [0.25, 0.3) is 22.3 Å². The van der Waals surface area contributed by atoms with Crippen LogP contribution in [-0.4, -0.2) is 92.3 Å². The normalized spacial score (nSPS) is 36.6. The van der Waals surface area contributed by atoms with Gasteiger partial charge in [-0.2, -0.15) is 0 Å². The van der Waals surface area contributed by atoms with Gasteiger partial charge in [0.15, 0.2) is 41.1 Å². The van der Waals surface area contributed by atoms with Crippen LogP contribution in [0, 0.1) is 0 Å². The van der Waals surface area contributed by atoms with E-state index in [-0.39, 0.29) is 34.6 Å². The minimum Gasteiger partial charge on any atom is -0.387 e. The van der Waals surface area contributed by atoms with Gasteiger partial charge in [0.2, 0.25) is 0 Å². The Hall–Kier alpha value is -2.90. The zero-order valence-electron chi connectivity index (χ0n) is 21.0. The predicted molar refractivity (Wildman–Crippen MR) is 141 cm³/mol. The van der Waals surface area contributed by atoms with Crippen molar-refractivity contribution in [3.8, 4) is 0 Å². The molecule has 1 saturated carbocycles. The summed E-state index contributed by atoms with van der Waals surface area (Å²) in [6.45, 7) is -4.78. The minimum atomic E-state index is -4.26. The molecule has 0 radical (unpaired) electrons. The third kappa shape index (κ3) is 4.64. The molecule has 0 spiro atoms. The maximum Gasteiger partial charge on any atom is 0.697 e. The van der Waals surface area contributed by atoms with Crippen molar-refractivity contribution in [2.45, 2.75) is 55.4 Å². The quantitative estimate of drug-likeness (QED) is 0.212. The van der Waals surface area contributed by atoms with Gasteiger partial charge in [-0.25, -0.2) is 29.3 Å². The zero-order valence-corrected chi connectivity index (χ0v) is 23.6. The average Bonchev–Trinajstić information content (AvgIpc) is 3.70.